The Hall–Kier alpha value is -2.02. The highest BCUT2D eigenvalue weighted by molar-refractivity contribution is 7.98. The van der Waals surface area contributed by atoms with Crippen molar-refractivity contribution in [1.82, 2.24) is 25.4 Å². The number of hydrogen-bond acceptors (Lipinski definition) is 4. The van der Waals surface area contributed by atoms with Crippen LogP contribution in [0.3, 0.4) is 0 Å². The summed E-state index contributed by atoms with van der Waals surface area (Å²) in [6.07, 6.45) is 3.65. The number of guanidine groups is 1. The fourth-order valence-corrected chi connectivity index (χ4v) is 2.83. The molecular weight excluding hydrogens is 308 g/mol. The molecule has 0 fully saturated rings. The van der Waals surface area contributed by atoms with Gasteiger partial charge < -0.3 is 10.6 Å². The smallest absolute Gasteiger partial charge is 0.191 e. The number of aliphatic imine (C=N–C) groups is 1. The Balaban J connectivity index is 2.05. The SMILES string of the molecule is CCNC(=NCc1ccc(C)cc1SC)NCc1ncnn1C. The molecule has 1 heterocycles. The van der Waals surface area contributed by atoms with E-state index in [1.807, 2.05) is 7.05 Å². The molecule has 7 heteroatoms. The van der Waals surface area contributed by atoms with E-state index in [1.54, 1.807) is 22.8 Å². The van der Waals surface area contributed by atoms with Gasteiger partial charge in [-0.3, -0.25) is 4.68 Å². The minimum absolute atomic E-state index is 0.589. The normalized spacial score (nSPS) is 11.6. The molecule has 1 aromatic heterocycles. The molecule has 2 aromatic rings. The van der Waals surface area contributed by atoms with Crippen LogP contribution in [0.15, 0.2) is 34.4 Å². The van der Waals surface area contributed by atoms with Crippen molar-refractivity contribution in [1.29, 1.82) is 0 Å². The number of aryl methyl sites for hydroxylation is 2. The molecule has 0 aliphatic carbocycles. The van der Waals surface area contributed by atoms with Gasteiger partial charge in [0.2, 0.25) is 0 Å². The van der Waals surface area contributed by atoms with Crippen LogP contribution < -0.4 is 10.6 Å². The third-order valence-corrected chi connectivity index (χ3v) is 4.23. The molecule has 23 heavy (non-hydrogen) atoms. The van der Waals surface area contributed by atoms with Gasteiger partial charge >= 0.3 is 0 Å². The van der Waals surface area contributed by atoms with E-state index in [2.05, 4.69) is 64.0 Å². The van der Waals surface area contributed by atoms with Crippen LogP contribution in [0.25, 0.3) is 0 Å². The van der Waals surface area contributed by atoms with Crippen molar-refractivity contribution >= 4 is 17.7 Å². The number of nitrogens with one attached hydrogen (secondary N) is 2. The molecular formula is C16H24N6S. The number of aromatic nitrogens is 3. The number of thioether (sulfide) groups is 1. The van der Waals surface area contributed by atoms with Crippen molar-refractivity contribution in [2.45, 2.75) is 31.8 Å². The van der Waals surface area contributed by atoms with Crippen LogP contribution in [0.4, 0.5) is 0 Å². The monoisotopic (exact) mass is 332 g/mol. The van der Waals surface area contributed by atoms with Gasteiger partial charge in [-0.2, -0.15) is 5.10 Å². The maximum absolute atomic E-state index is 4.67. The van der Waals surface area contributed by atoms with E-state index in [0.29, 0.717) is 13.1 Å². The lowest BCUT2D eigenvalue weighted by Crippen LogP contribution is -2.37. The minimum atomic E-state index is 0.589. The molecule has 0 aliphatic heterocycles. The predicted octanol–water partition coefficient (Wildman–Crippen LogP) is 2.10. The Morgan fingerprint density at radius 2 is 2.17 bits per heavy atom. The van der Waals surface area contributed by atoms with Gasteiger partial charge in [0.25, 0.3) is 0 Å². The molecule has 0 spiro atoms. The highest BCUT2D eigenvalue weighted by atomic mass is 32.2. The van der Waals surface area contributed by atoms with Crippen LogP contribution in [-0.4, -0.2) is 33.5 Å². The molecule has 124 valence electrons. The third kappa shape index (κ3) is 4.99. The topological polar surface area (TPSA) is 67.1 Å². The van der Waals surface area contributed by atoms with Crippen molar-refractivity contribution in [3.8, 4) is 0 Å². The molecule has 0 aliphatic rings. The van der Waals surface area contributed by atoms with Crippen molar-refractivity contribution < 1.29 is 0 Å². The summed E-state index contributed by atoms with van der Waals surface area (Å²) in [7, 11) is 1.88. The van der Waals surface area contributed by atoms with Gasteiger partial charge in [0.15, 0.2) is 5.96 Å². The molecule has 0 bridgehead atoms. The average molecular weight is 332 g/mol. The first kappa shape index (κ1) is 17.3. The lowest BCUT2D eigenvalue weighted by Gasteiger charge is -2.12. The van der Waals surface area contributed by atoms with Gasteiger partial charge in [-0.25, -0.2) is 9.98 Å². The molecule has 2 rings (SSSR count). The zero-order chi connectivity index (χ0) is 16.7. The first-order chi connectivity index (χ1) is 11.1. The van der Waals surface area contributed by atoms with E-state index in [9.17, 15) is 0 Å². The van der Waals surface area contributed by atoms with Gasteiger partial charge in [0, 0.05) is 18.5 Å². The molecule has 0 atom stereocenters. The van der Waals surface area contributed by atoms with Gasteiger partial charge in [0.05, 0.1) is 13.1 Å². The van der Waals surface area contributed by atoms with Crippen LogP contribution in [0, 0.1) is 6.92 Å². The Bertz CT molecular complexity index is 664. The Labute approximate surface area is 141 Å². The number of rotatable bonds is 6. The van der Waals surface area contributed by atoms with E-state index < -0.39 is 0 Å². The standard InChI is InChI=1S/C16H24N6S/c1-5-17-16(19-10-15-20-11-21-22(15)3)18-9-13-7-6-12(2)8-14(13)23-4/h6-8,11H,5,9-10H2,1-4H3,(H2,17,18,19). The molecule has 0 saturated carbocycles. The van der Waals surface area contributed by atoms with E-state index in [1.165, 1.54) is 16.0 Å². The van der Waals surface area contributed by atoms with Crippen LogP contribution in [0.1, 0.15) is 23.9 Å². The number of benzene rings is 1. The maximum Gasteiger partial charge on any atom is 0.191 e. The molecule has 0 amide bonds. The molecule has 2 N–H and O–H groups in total. The first-order valence-electron chi connectivity index (χ1n) is 7.62. The maximum atomic E-state index is 4.67. The van der Waals surface area contributed by atoms with Gasteiger partial charge in [-0.05, 0) is 37.3 Å². The average Bonchev–Trinajstić information content (AvgIpc) is 2.96. The van der Waals surface area contributed by atoms with Gasteiger partial charge in [-0.15, -0.1) is 11.8 Å². The predicted molar refractivity (Wildman–Crippen MR) is 95.6 cm³/mol. The van der Waals surface area contributed by atoms with Crippen LogP contribution in [0.5, 0.6) is 0 Å². The second-order valence-electron chi connectivity index (χ2n) is 5.16. The first-order valence-corrected chi connectivity index (χ1v) is 8.85. The van der Waals surface area contributed by atoms with Crippen LogP contribution >= 0.6 is 11.8 Å². The summed E-state index contributed by atoms with van der Waals surface area (Å²) in [6.45, 7) is 6.21. The Kier molecular flexibility index (Phi) is 6.46. The quantitative estimate of drug-likeness (QED) is 0.482. The van der Waals surface area contributed by atoms with Crippen molar-refractivity contribution in [2.75, 3.05) is 12.8 Å². The van der Waals surface area contributed by atoms with E-state index in [4.69, 9.17) is 0 Å². The summed E-state index contributed by atoms with van der Waals surface area (Å²) in [5.41, 5.74) is 2.51. The molecule has 1 aromatic carbocycles. The van der Waals surface area contributed by atoms with Crippen molar-refractivity contribution in [3.63, 3.8) is 0 Å². The summed E-state index contributed by atoms with van der Waals surface area (Å²) in [6, 6.07) is 6.48. The fourth-order valence-electron chi connectivity index (χ4n) is 2.13. The molecule has 0 radical (unpaired) electrons. The Morgan fingerprint density at radius 1 is 1.35 bits per heavy atom. The summed E-state index contributed by atoms with van der Waals surface area (Å²) in [5.74, 6) is 1.65. The van der Waals surface area contributed by atoms with E-state index >= 15 is 0 Å². The van der Waals surface area contributed by atoms with Crippen molar-refractivity contribution in [2.24, 2.45) is 12.0 Å². The summed E-state index contributed by atoms with van der Waals surface area (Å²) in [4.78, 5) is 10.2. The minimum Gasteiger partial charge on any atom is -0.357 e. The zero-order valence-corrected chi connectivity index (χ0v) is 14.9. The highest BCUT2D eigenvalue weighted by Crippen LogP contribution is 2.22. The lowest BCUT2D eigenvalue weighted by atomic mass is 10.1. The third-order valence-electron chi connectivity index (χ3n) is 3.41. The van der Waals surface area contributed by atoms with Crippen LogP contribution in [0.2, 0.25) is 0 Å². The van der Waals surface area contributed by atoms with Crippen molar-refractivity contribution in [3.05, 3.63) is 41.5 Å². The number of nitrogens with zero attached hydrogens (tertiary/aromatic N) is 4. The summed E-state index contributed by atoms with van der Waals surface area (Å²) in [5, 5.41) is 10.6. The lowest BCUT2D eigenvalue weighted by molar-refractivity contribution is 0.673. The second-order valence-corrected chi connectivity index (χ2v) is 6.01. The second kappa shape index (κ2) is 8.57. The number of hydrogen-bond donors (Lipinski definition) is 2. The van der Waals surface area contributed by atoms with Crippen LogP contribution in [-0.2, 0) is 20.1 Å². The largest absolute Gasteiger partial charge is 0.357 e. The molecule has 0 unspecified atom stereocenters. The van der Waals surface area contributed by atoms with E-state index in [0.717, 1.165) is 18.3 Å². The van der Waals surface area contributed by atoms with Gasteiger partial charge in [-0.1, -0.05) is 12.1 Å². The molecule has 0 saturated heterocycles. The zero-order valence-electron chi connectivity index (χ0n) is 14.1. The van der Waals surface area contributed by atoms with Gasteiger partial charge in [0.1, 0.15) is 12.2 Å². The fraction of sp³-hybridized carbons (Fsp3) is 0.438. The molecule has 6 nitrogen and oxygen atoms in total. The van der Waals surface area contributed by atoms with E-state index in [-0.39, 0.29) is 0 Å². The Morgan fingerprint density at radius 3 is 2.83 bits per heavy atom. The highest BCUT2D eigenvalue weighted by Gasteiger charge is 2.05. The summed E-state index contributed by atoms with van der Waals surface area (Å²) >= 11 is 1.76. The summed E-state index contributed by atoms with van der Waals surface area (Å²) < 4.78 is 1.75.